The molecule has 2 heteroatoms. The lowest BCUT2D eigenvalue weighted by molar-refractivity contribution is 1.00. The van der Waals surface area contributed by atoms with Gasteiger partial charge in [0.25, 0.3) is 0 Å². The van der Waals surface area contributed by atoms with Gasteiger partial charge in [-0.2, -0.15) is 0 Å². The summed E-state index contributed by atoms with van der Waals surface area (Å²) in [7, 11) is 0. The molecule has 0 amide bonds. The third-order valence-electron chi connectivity index (χ3n) is 1.18. The van der Waals surface area contributed by atoms with Gasteiger partial charge in [0.05, 0.1) is 0 Å². The molecule has 0 fully saturated rings. The smallest absolute Gasteiger partial charge is 0.0404 e. The van der Waals surface area contributed by atoms with Crippen LogP contribution < -0.4 is 5.32 Å². The molecule has 0 aromatic heterocycles. The van der Waals surface area contributed by atoms with Gasteiger partial charge >= 0.3 is 0 Å². The van der Waals surface area contributed by atoms with E-state index in [0.29, 0.717) is 0 Å². The van der Waals surface area contributed by atoms with Crippen LogP contribution in [-0.4, -0.2) is 6.54 Å². The van der Waals surface area contributed by atoms with Gasteiger partial charge in [-0.3, -0.25) is 0 Å². The van der Waals surface area contributed by atoms with Gasteiger partial charge in [0.2, 0.25) is 0 Å². The van der Waals surface area contributed by atoms with Crippen molar-refractivity contribution in [3.63, 3.8) is 0 Å². The molecule has 1 heterocycles. The first-order chi connectivity index (χ1) is 3.84. The molecule has 0 radical (unpaired) electrons. The highest BCUT2D eigenvalue weighted by Crippen LogP contribution is 2.18. The molecule has 1 nitrogen and oxygen atoms in total. The van der Waals surface area contributed by atoms with Crippen molar-refractivity contribution in [2.75, 3.05) is 6.54 Å². The highest BCUT2D eigenvalue weighted by atomic mass is 79.9. The third kappa shape index (κ3) is 0.944. The van der Waals surface area contributed by atoms with Crippen LogP contribution in [0.2, 0.25) is 0 Å². The molecule has 1 aliphatic heterocycles. The number of hydrogen-bond donors (Lipinski definition) is 1. The van der Waals surface area contributed by atoms with Crippen LogP contribution in [-0.2, 0) is 0 Å². The van der Waals surface area contributed by atoms with Crippen molar-refractivity contribution in [1.29, 1.82) is 0 Å². The Morgan fingerprint density at radius 2 is 2.62 bits per heavy atom. The van der Waals surface area contributed by atoms with E-state index in [1.807, 2.05) is 13.1 Å². The Bertz CT molecular complexity index is 147. The molecule has 1 aliphatic rings. The zero-order valence-electron chi connectivity index (χ0n) is 4.74. The summed E-state index contributed by atoms with van der Waals surface area (Å²) in [4.78, 5) is 0. The number of rotatable bonds is 0. The SMILES string of the molecule is C/C=C1\CNC=C1Br. The van der Waals surface area contributed by atoms with E-state index in [0.717, 1.165) is 6.54 Å². The van der Waals surface area contributed by atoms with E-state index in [1.165, 1.54) is 10.1 Å². The summed E-state index contributed by atoms with van der Waals surface area (Å²) < 4.78 is 1.18. The van der Waals surface area contributed by atoms with Crippen LogP contribution in [0.4, 0.5) is 0 Å². The maximum atomic E-state index is 3.40. The van der Waals surface area contributed by atoms with Crippen LogP contribution in [0.1, 0.15) is 6.92 Å². The largest absolute Gasteiger partial charge is 0.386 e. The highest BCUT2D eigenvalue weighted by Gasteiger charge is 2.04. The number of allylic oxidation sites excluding steroid dienone is 1. The normalized spacial score (nSPS) is 23.2. The quantitative estimate of drug-likeness (QED) is 0.590. The summed E-state index contributed by atoms with van der Waals surface area (Å²) in [6.07, 6.45) is 4.07. The predicted molar refractivity (Wildman–Crippen MR) is 38.8 cm³/mol. The van der Waals surface area contributed by atoms with E-state index < -0.39 is 0 Å². The summed E-state index contributed by atoms with van der Waals surface area (Å²) in [6, 6.07) is 0. The van der Waals surface area contributed by atoms with Crippen molar-refractivity contribution in [3.8, 4) is 0 Å². The maximum Gasteiger partial charge on any atom is 0.0404 e. The average molecular weight is 174 g/mol. The van der Waals surface area contributed by atoms with E-state index in [4.69, 9.17) is 0 Å². The van der Waals surface area contributed by atoms with E-state index >= 15 is 0 Å². The molecular formula is C6H8BrN. The fourth-order valence-corrected chi connectivity index (χ4v) is 1.20. The fraction of sp³-hybridized carbons (Fsp3) is 0.333. The Morgan fingerprint density at radius 1 is 1.88 bits per heavy atom. The molecule has 0 aromatic rings. The minimum atomic E-state index is 0.969. The molecule has 0 aromatic carbocycles. The first-order valence-corrected chi connectivity index (χ1v) is 3.38. The molecule has 0 bridgehead atoms. The van der Waals surface area contributed by atoms with Gasteiger partial charge in [-0.25, -0.2) is 0 Å². The van der Waals surface area contributed by atoms with Gasteiger partial charge in [-0.15, -0.1) is 0 Å². The minimum absolute atomic E-state index is 0.969. The van der Waals surface area contributed by atoms with Crippen molar-refractivity contribution in [2.24, 2.45) is 0 Å². The molecule has 0 saturated heterocycles. The van der Waals surface area contributed by atoms with Crippen LogP contribution in [0, 0.1) is 0 Å². The molecule has 0 atom stereocenters. The summed E-state index contributed by atoms with van der Waals surface area (Å²) in [5, 5.41) is 3.10. The second-order valence-electron chi connectivity index (χ2n) is 1.69. The highest BCUT2D eigenvalue weighted by molar-refractivity contribution is 9.12. The molecule has 44 valence electrons. The minimum Gasteiger partial charge on any atom is -0.386 e. The van der Waals surface area contributed by atoms with Crippen molar-refractivity contribution in [2.45, 2.75) is 6.92 Å². The van der Waals surface area contributed by atoms with E-state index in [9.17, 15) is 0 Å². The van der Waals surface area contributed by atoms with Crippen molar-refractivity contribution in [1.82, 2.24) is 5.32 Å². The number of nitrogens with one attached hydrogen (secondary N) is 1. The molecular weight excluding hydrogens is 166 g/mol. The van der Waals surface area contributed by atoms with E-state index in [1.54, 1.807) is 0 Å². The Labute approximate surface area is 57.6 Å². The van der Waals surface area contributed by atoms with Crippen LogP contribution in [0.25, 0.3) is 0 Å². The number of hydrogen-bond acceptors (Lipinski definition) is 1. The van der Waals surface area contributed by atoms with Crippen molar-refractivity contribution in [3.05, 3.63) is 22.3 Å². The van der Waals surface area contributed by atoms with Gasteiger partial charge in [-0.05, 0) is 28.4 Å². The fourth-order valence-electron chi connectivity index (χ4n) is 0.668. The Hall–Kier alpha value is -0.240. The van der Waals surface area contributed by atoms with Crippen molar-refractivity contribution >= 4 is 15.9 Å². The topological polar surface area (TPSA) is 12.0 Å². The molecule has 0 spiro atoms. The van der Waals surface area contributed by atoms with Crippen LogP contribution in [0.3, 0.4) is 0 Å². The average Bonchev–Trinajstić information content (AvgIpc) is 2.14. The lowest BCUT2D eigenvalue weighted by Crippen LogP contribution is -1.99. The molecule has 0 saturated carbocycles. The first-order valence-electron chi connectivity index (χ1n) is 2.59. The standard InChI is InChI=1S/C6H8BrN/c1-2-5-3-8-4-6(5)7/h2,4,8H,3H2,1H3/b5-2+. The van der Waals surface area contributed by atoms with Gasteiger partial charge in [-0.1, -0.05) is 6.08 Å². The van der Waals surface area contributed by atoms with Gasteiger partial charge in [0.15, 0.2) is 0 Å². The third-order valence-corrected chi connectivity index (χ3v) is 1.91. The molecule has 1 rings (SSSR count). The van der Waals surface area contributed by atoms with Crippen LogP contribution in [0.15, 0.2) is 22.3 Å². The maximum absolute atomic E-state index is 3.40. The lowest BCUT2D eigenvalue weighted by atomic mass is 10.3. The zero-order chi connectivity index (χ0) is 5.98. The second-order valence-corrected chi connectivity index (χ2v) is 2.54. The Morgan fingerprint density at radius 3 is 2.88 bits per heavy atom. The van der Waals surface area contributed by atoms with Gasteiger partial charge in [0, 0.05) is 17.2 Å². The molecule has 0 unspecified atom stereocenters. The summed E-state index contributed by atoms with van der Waals surface area (Å²) >= 11 is 3.40. The Balaban J connectivity index is 2.74. The second kappa shape index (κ2) is 2.35. The monoisotopic (exact) mass is 173 g/mol. The van der Waals surface area contributed by atoms with Crippen molar-refractivity contribution < 1.29 is 0 Å². The van der Waals surface area contributed by atoms with E-state index in [2.05, 4.69) is 27.3 Å². The van der Waals surface area contributed by atoms with Crippen LogP contribution >= 0.6 is 15.9 Å². The Kier molecular flexibility index (Phi) is 1.73. The summed E-state index contributed by atoms with van der Waals surface area (Å²) in [5.74, 6) is 0. The summed E-state index contributed by atoms with van der Waals surface area (Å²) in [5.41, 5.74) is 1.34. The van der Waals surface area contributed by atoms with Crippen LogP contribution in [0.5, 0.6) is 0 Å². The predicted octanol–water partition coefficient (Wildman–Crippen LogP) is 1.77. The summed E-state index contributed by atoms with van der Waals surface area (Å²) in [6.45, 7) is 3.01. The molecule has 1 N–H and O–H groups in total. The first kappa shape index (κ1) is 5.89. The number of halogens is 1. The van der Waals surface area contributed by atoms with Gasteiger partial charge < -0.3 is 5.32 Å². The van der Waals surface area contributed by atoms with E-state index in [-0.39, 0.29) is 0 Å². The lowest BCUT2D eigenvalue weighted by Gasteiger charge is -1.90. The molecule has 0 aliphatic carbocycles. The molecule has 8 heavy (non-hydrogen) atoms. The van der Waals surface area contributed by atoms with Gasteiger partial charge in [0.1, 0.15) is 0 Å². The zero-order valence-corrected chi connectivity index (χ0v) is 6.33.